The first-order chi connectivity index (χ1) is 8.69. The Hall–Kier alpha value is -0.0900. The first-order valence-electron chi connectivity index (χ1n) is 6.55. The van der Waals surface area contributed by atoms with Crippen molar-refractivity contribution in [3.8, 4) is 0 Å². The number of hydrogen-bond donors (Lipinski definition) is 1. The fourth-order valence-electron chi connectivity index (χ4n) is 2.66. The molecule has 1 aromatic carbocycles. The highest BCUT2D eigenvalue weighted by atomic mass is 79.9. The van der Waals surface area contributed by atoms with E-state index in [2.05, 4.69) is 33.0 Å². The maximum Gasteiger partial charge on any atom is 0.0551 e. The predicted octanol–water partition coefficient (Wildman–Crippen LogP) is 3.66. The minimum absolute atomic E-state index is 0.773. The van der Waals surface area contributed by atoms with E-state index in [4.69, 9.17) is 17.3 Å². The number of benzene rings is 1. The van der Waals surface area contributed by atoms with Gasteiger partial charge in [0.15, 0.2) is 0 Å². The molecule has 0 spiro atoms. The molecule has 4 heteroatoms. The summed E-state index contributed by atoms with van der Waals surface area (Å²) in [6.45, 7) is 4.16. The molecule has 1 aliphatic rings. The summed E-state index contributed by atoms with van der Waals surface area (Å²) in [6.07, 6.45) is 3.77. The zero-order valence-electron chi connectivity index (χ0n) is 10.5. The van der Waals surface area contributed by atoms with Crippen LogP contribution in [0.25, 0.3) is 0 Å². The van der Waals surface area contributed by atoms with Crippen molar-refractivity contribution >= 4 is 27.5 Å². The fraction of sp³-hybridized carbons (Fsp3) is 0.571. The van der Waals surface area contributed by atoms with Gasteiger partial charge < -0.3 is 5.73 Å². The third-order valence-electron chi connectivity index (χ3n) is 3.57. The molecule has 1 unspecified atom stereocenters. The summed E-state index contributed by atoms with van der Waals surface area (Å²) in [7, 11) is 0. The summed E-state index contributed by atoms with van der Waals surface area (Å²) in [6, 6.07) is 6.22. The molecule has 2 rings (SSSR count). The van der Waals surface area contributed by atoms with Gasteiger partial charge in [-0.25, -0.2) is 0 Å². The van der Waals surface area contributed by atoms with Gasteiger partial charge in [-0.15, -0.1) is 0 Å². The highest BCUT2D eigenvalue weighted by Gasteiger charge is 2.19. The van der Waals surface area contributed by atoms with E-state index in [0.717, 1.165) is 34.9 Å². The number of hydrogen-bond acceptors (Lipinski definition) is 2. The van der Waals surface area contributed by atoms with E-state index < -0.39 is 0 Å². The molecule has 2 N–H and O–H groups in total. The molecule has 0 saturated carbocycles. The van der Waals surface area contributed by atoms with E-state index in [1.807, 2.05) is 6.07 Å². The topological polar surface area (TPSA) is 29.3 Å². The van der Waals surface area contributed by atoms with Gasteiger partial charge in [-0.3, -0.25) is 4.90 Å². The first-order valence-corrected chi connectivity index (χ1v) is 7.72. The number of nitrogens with zero attached hydrogens (tertiary/aromatic N) is 1. The van der Waals surface area contributed by atoms with Gasteiger partial charge in [0.2, 0.25) is 0 Å². The van der Waals surface area contributed by atoms with Crippen molar-refractivity contribution in [3.63, 3.8) is 0 Å². The zero-order chi connectivity index (χ0) is 13.0. The van der Waals surface area contributed by atoms with Gasteiger partial charge in [0.25, 0.3) is 0 Å². The summed E-state index contributed by atoms with van der Waals surface area (Å²) >= 11 is 9.55. The Morgan fingerprint density at radius 1 is 1.44 bits per heavy atom. The van der Waals surface area contributed by atoms with Gasteiger partial charge in [-0.2, -0.15) is 0 Å². The van der Waals surface area contributed by atoms with Crippen LogP contribution >= 0.6 is 27.5 Å². The van der Waals surface area contributed by atoms with Crippen LogP contribution in [0.5, 0.6) is 0 Å². The second-order valence-electron chi connectivity index (χ2n) is 5.07. The maximum absolute atomic E-state index is 6.13. The molecule has 18 heavy (non-hydrogen) atoms. The van der Waals surface area contributed by atoms with Crippen LogP contribution in [0.2, 0.25) is 5.02 Å². The lowest BCUT2D eigenvalue weighted by Crippen LogP contribution is -2.35. The van der Waals surface area contributed by atoms with Crippen LogP contribution in [0, 0.1) is 5.92 Å². The van der Waals surface area contributed by atoms with E-state index >= 15 is 0 Å². The van der Waals surface area contributed by atoms with E-state index in [-0.39, 0.29) is 0 Å². The standard InChI is InChI=1S/C14H20BrClN2/c15-13-4-3-12(8-14(13)16)10-18-7-1-2-11(9-18)5-6-17/h3-4,8,11H,1-2,5-7,9-10,17H2. The second kappa shape index (κ2) is 6.90. The van der Waals surface area contributed by atoms with Crippen LogP contribution in [-0.2, 0) is 6.54 Å². The number of nitrogens with two attached hydrogens (primary N) is 1. The number of piperidine rings is 1. The highest BCUT2D eigenvalue weighted by molar-refractivity contribution is 9.10. The normalized spacial score (nSPS) is 21.2. The van der Waals surface area contributed by atoms with Gasteiger partial charge in [0.05, 0.1) is 5.02 Å². The van der Waals surface area contributed by atoms with Crippen LogP contribution in [0.3, 0.4) is 0 Å². The Balaban J connectivity index is 1.93. The minimum Gasteiger partial charge on any atom is -0.330 e. The molecule has 0 radical (unpaired) electrons. The van der Waals surface area contributed by atoms with Gasteiger partial charge in [0.1, 0.15) is 0 Å². The molecule has 0 aromatic heterocycles. The van der Waals surface area contributed by atoms with Gasteiger partial charge in [-0.1, -0.05) is 17.7 Å². The Kier molecular flexibility index (Phi) is 5.49. The van der Waals surface area contributed by atoms with E-state index in [9.17, 15) is 0 Å². The molecule has 0 aliphatic carbocycles. The minimum atomic E-state index is 0.773. The van der Waals surface area contributed by atoms with E-state index in [1.54, 1.807) is 0 Å². The molecule has 1 saturated heterocycles. The molecule has 1 atom stereocenters. The zero-order valence-corrected chi connectivity index (χ0v) is 12.9. The highest BCUT2D eigenvalue weighted by Crippen LogP contribution is 2.25. The number of halogens is 2. The molecule has 2 nitrogen and oxygen atoms in total. The SMILES string of the molecule is NCCC1CCCN(Cc2ccc(Br)c(Cl)c2)C1. The van der Waals surface area contributed by atoms with Gasteiger partial charge in [-0.05, 0) is 71.9 Å². The van der Waals surface area contributed by atoms with Crippen LogP contribution in [-0.4, -0.2) is 24.5 Å². The van der Waals surface area contributed by atoms with Crippen LogP contribution in [0.4, 0.5) is 0 Å². The molecule has 1 aromatic rings. The molecule has 1 heterocycles. The van der Waals surface area contributed by atoms with Gasteiger partial charge >= 0.3 is 0 Å². The molecule has 1 fully saturated rings. The van der Waals surface area contributed by atoms with Crippen molar-refractivity contribution in [2.75, 3.05) is 19.6 Å². The van der Waals surface area contributed by atoms with Crippen LogP contribution in [0.1, 0.15) is 24.8 Å². The van der Waals surface area contributed by atoms with Crippen molar-refractivity contribution < 1.29 is 0 Å². The van der Waals surface area contributed by atoms with Crippen molar-refractivity contribution in [1.29, 1.82) is 0 Å². The Morgan fingerprint density at radius 2 is 2.28 bits per heavy atom. The van der Waals surface area contributed by atoms with Gasteiger partial charge in [0, 0.05) is 17.6 Å². The summed E-state index contributed by atoms with van der Waals surface area (Å²) in [5.74, 6) is 0.773. The lowest BCUT2D eigenvalue weighted by molar-refractivity contribution is 0.163. The third-order valence-corrected chi connectivity index (χ3v) is 4.80. The lowest BCUT2D eigenvalue weighted by atomic mass is 9.94. The van der Waals surface area contributed by atoms with Crippen molar-refractivity contribution in [1.82, 2.24) is 4.90 Å². The average Bonchev–Trinajstić information content (AvgIpc) is 2.35. The lowest BCUT2D eigenvalue weighted by Gasteiger charge is -2.32. The van der Waals surface area contributed by atoms with E-state index in [0.29, 0.717) is 0 Å². The van der Waals surface area contributed by atoms with Crippen molar-refractivity contribution in [2.24, 2.45) is 11.7 Å². The Bertz CT molecular complexity index is 395. The Morgan fingerprint density at radius 3 is 3.00 bits per heavy atom. The molecule has 0 amide bonds. The third kappa shape index (κ3) is 3.95. The number of rotatable bonds is 4. The summed E-state index contributed by atoms with van der Waals surface area (Å²) in [5.41, 5.74) is 6.94. The van der Waals surface area contributed by atoms with Crippen LogP contribution in [0.15, 0.2) is 22.7 Å². The fourth-order valence-corrected chi connectivity index (χ4v) is 3.11. The molecule has 1 aliphatic heterocycles. The number of likely N-dealkylation sites (tertiary alicyclic amines) is 1. The smallest absolute Gasteiger partial charge is 0.0551 e. The van der Waals surface area contributed by atoms with Crippen molar-refractivity contribution in [2.45, 2.75) is 25.8 Å². The predicted molar refractivity (Wildman–Crippen MR) is 80.8 cm³/mol. The summed E-state index contributed by atoms with van der Waals surface area (Å²) in [5, 5.41) is 0.794. The van der Waals surface area contributed by atoms with E-state index in [1.165, 1.54) is 31.5 Å². The second-order valence-corrected chi connectivity index (χ2v) is 6.33. The molecule has 0 bridgehead atoms. The Labute approximate surface area is 123 Å². The molecular weight excluding hydrogens is 312 g/mol. The largest absolute Gasteiger partial charge is 0.330 e. The first kappa shape index (κ1) is 14.3. The summed E-state index contributed by atoms with van der Waals surface area (Å²) < 4.78 is 0.965. The molecular formula is C14H20BrClN2. The summed E-state index contributed by atoms with van der Waals surface area (Å²) in [4.78, 5) is 2.52. The maximum atomic E-state index is 6.13. The average molecular weight is 332 g/mol. The van der Waals surface area contributed by atoms with Crippen LogP contribution < -0.4 is 5.73 Å². The monoisotopic (exact) mass is 330 g/mol. The van der Waals surface area contributed by atoms with Crippen molar-refractivity contribution in [3.05, 3.63) is 33.3 Å². The molecule has 100 valence electrons. The quantitative estimate of drug-likeness (QED) is 0.912.